The third kappa shape index (κ3) is 5.39. The number of aliphatic imine (C=N–C) groups is 1. The second-order valence-electron chi connectivity index (χ2n) is 4.24. The maximum absolute atomic E-state index is 4.20. The van der Waals surface area contributed by atoms with Gasteiger partial charge in [-0.15, -0.1) is 24.0 Å². The van der Waals surface area contributed by atoms with Crippen LogP contribution in [-0.2, 0) is 6.54 Å². The van der Waals surface area contributed by atoms with Gasteiger partial charge in [0.05, 0.1) is 0 Å². The average Bonchev–Trinajstić information content (AvgIpc) is 3.15. The van der Waals surface area contributed by atoms with Gasteiger partial charge in [0, 0.05) is 20.1 Å². The van der Waals surface area contributed by atoms with Crippen LogP contribution < -0.4 is 10.6 Å². The molecule has 94 valence electrons. The van der Waals surface area contributed by atoms with E-state index in [9.17, 15) is 0 Å². The number of hydrogen-bond acceptors (Lipinski definition) is 1. The van der Waals surface area contributed by atoms with Gasteiger partial charge in [0.2, 0.25) is 0 Å². The fourth-order valence-electron chi connectivity index (χ4n) is 1.57. The van der Waals surface area contributed by atoms with Crippen LogP contribution in [0.3, 0.4) is 0 Å². The first-order chi connectivity index (χ1) is 7.88. The van der Waals surface area contributed by atoms with Crippen molar-refractivity contribution >= 4 is 29.9 Å². The Labute approximate surface area is 120 Å². The van der Waals surface area contributed by atoms with Gasteiger partial charge in [-0.2, -0.15) is 0 Å². The van der Waals surface area contributed by atoms with Crippen molar-refractivity contribution in [3.05, 3.63) is 35.9 Å². The Hall–Kier alpha value is -0.780. The van der Waals surface area contributed by atoms with E-state index in [4.69, 9.17) is 0 Å². The molecule has 0 amide bonds. The maximum atomic E-state index is 4.20. The minimum absolute atomic E-state index is 0. The summed E-state index contributed by atoms with van der Waals surface area (Å²) in [7, 11) is 1.81. The lowest BCUT2D eigenvalue weighted by molar-refractivity contribution is 0.737. The molecule has 2 rings (SSSR count). The molecular weight excluding hydrogens is 325 g/mol. The Morgan fingerprint density at radius 1 is 1.24 bits per heavy atom. The average molecular weight is 345 g/mol. The van der Waals surface area contributed by atoms with Crippen molar-refractivity contribution < 1.29 is 0 Å². The van der Waals surface area contributed by atoms with Gasteiger partial charge in [-0.1, -0.05) is 30.3 Å². The van der Waals surface area contributed by atoms with Crippen LogP contribution in [0.1, 0.15) is 18.4 Å². The molecule has 0 radical (unpaired) electrons. The Balaban J connectivity index is 0.00000144. The van der Waals surface area contributed by atoms with Crippen molar-refractivity contribution in [2.24, 2.45) is 10.9 Å². The molecule has 1 aliphatic carbocycles. The zero-order valence-corrected chi connectivity index (χ0v) is 12.5. The molecule has 1 aromatic carbocycles. The number of halogens is 1. The Morgan fingerprint density at radius 3 is 2.53 bits per heavy atom. The smallest absolute Gasteiger partial charge is 0.191 e. The van der Waals surface area contributed by atoms with Gasteiger partial charge in [-0.25, -0.2) is 0 Å². The molecule has 0 atom stereocenters. The van der Waals surface area contributed by atoms with E-state index in [2.05, 4.69) is 39.9 Å². The molecule has 0 spiro atoms. The highest BCUT2D eigenvalue weighted by Crippen LogP contribution is 2.27. The lowest BCUT2D eigenvalue weighted by Gasteiger charge is -2.11. The number of benzene rings is 1. The largest absolute Gasteiger partial charge is 0.356 e. The normalized spacial score (nSPS) is 15.0. The van der Waals surface area contributed by atoms with Crippen LogP contribution in [0, 0.1) is 5.92 Å². The number of nitrogens with zero attached hydrogens (tertiary/aromatic N) is 1. The highest BCUT2D eigenvalue weighted by atomic mass is 127. The summed E-state index contributed by atoms with van der Waals surface area (Å²) in [6, 6.07) is 10.4. The van der Waals surface area contributed by atoms with E-state index in [0.717, 1.165) is 25.0 Å². The summed E-state index contributed by atoms with van der Waals surface area (Å²) in [5.74, 6) is 1.77. The molecule has 4 heteroatoms. The van der Waals surface area contributed by atoms with Gasteiger partial charge in [0.25, 0.3) is 0 Å². The molecule has 1 aromatic rings. The summed E-state index contributed by atoms with van der Waals surface area (Å²) in [4.78, 5) is 4.20. The molecule has 1 aliphatic rings. The second-order valence-corrected chi connectivity index (χ2v) is 4.24. The third-order valence-corrected chi connectivity index (χ3v) is 2.78. The van der Waals surface area contributed by atoms with Crippen LogP contribution in [-0.4, -0.2) is 19.6 Å². The van der Waals surface area contributed by atoms with Crippen LogP contribution >= 0.6 is 24.0 Å². The minimum atomic E-state index is 0. The van der Waals surface area contributed by atoms with Gasteiger partial charge in [0.15, 0.2) is 5.96 Å². The number of rotatable bonds is 4. The molecular formula is C13H20IN3. The first kappa shape index (κ1) is 14.3. The van der Waals surface area contributed by atoms with Crippen molar-refractivity contribution in [3.8, 4) is 0 Å². The fourth-order valence-corrected chi connectivity index (χ4v) is 1.57. The van der Waals surface area contributed by atoms with Crippen molar-refractivity contribution in [2.45, 2.75) is 19.4 Å². The monoisotopic (exact) mass is 345 g/mol. The van der Waals surface area contributed by atoms with Crippen LogP contribution in [0.5, 0.6) is 0 Å². The molecule has 0 heterocycles. The first-order valence-electron chi connectivity index (χ1n) is 5.87. The van der Waals surface area contributed by atoms with Gasteiger partial charge in [-0.3, -0.25) is 4.99 Å². The minimum Gasteiger partial charge on any atom is -0.356 e. The predicted octanol–water partition coefficient (Wildman–Crippen LogP) is 2.38. The second kappa shape index (κ2) is 7.53. The third-order valence-electron chi connectivity index (χ3n) is 2.78. The van der Waals surface area contributed by atoms with Crippen LogP contribution in [0.2, 0.25) is 0 Å². The van der Waals surface area contributed by atoms with Crippen LogP contribution in [0.4, 0.5) is 0 Å². The zero-order chi connectivity index (χ0) is 11.2. The quantitative estimate of drug-likeness (QED) is 0.499. The van der Waals surface area contributed by atoms with Crippen molar-refractivity contribution in [2.75, 3.05) is 13.6 Å². The molecule has 1 saturated carbocycles. The van der Waals surface area contributed by atoms with E-state index in [0.29, 0.717) is 0 Å². The van der Waals surface area contributed by atoms with Crippen molar-refractivity contribution in [1.82, 2.24) is 10.6 Å². The molecule has 0 aromatic heterocycles. The van der Waals surface area contributed by atoms with Gasteiger partial charge >= 0.3 is 0 Å². The molecule has 0 saturated heterocycles. The summed E-state index contributed by atoms with van der Waals surface area (Å²) in [5, 5.41) is 6.65. The number of hydrogen-bond donors (Lipinski definition) is 2. The topological polar surface area (TPSA) is 36.4 Å². The van der Waals surface area contributed by atoms with Gasteiger partial charge in [0.1, 0.15) is 0 Å². The molecule has 0 bridgehead atoms. The van der Waals surface area contributed by atoms with Gasteiger partial charge < -0.3 is 10.6 Å². The van der Waals surface area contributed by atoms with E-state index < -0.39 is 0 Å². The standard InChI is InChI=1S/C13H19N3.HI/c1-14-13(16-10-12-7-8-12)15-9-11-5-3-2-4-6-11;/h2-6,12H,7-10H2,1H3,(H2,14,15,16);1H. The van der Waals surface area contributed by atoms with E-state index in [-0.39, 0.29) is 24.0 Å². The van der Waals surface area contributed by atoms with E-state index >= 15 is 0 Å². The van der Waals surface area contributed by atoms with E-state index in [1.54, 1.807) is 0 Å². The van der Waals surface area contributed by atoms with Crippen molar-refractivity contribution in [3.63, 3.8) is 0 Å². The summed E-state index contributed by atoms with van der Waals surface area (Å²) in [5.41, 5.74) is 1.27. The highest BCUT2D eigenvalue weighted by molar-refractivity contribution is 14.0. The number of nitrogens with one attached hydrogen (secondary N) is 2. The van der Waals surface area contributed by atoms with E-state index in [1.165, 1.54) is 18.4 Å². The predicted molar refractivity (Wildman–Crippen MR) is 82.8 cm³/mol. The first-order valence-corrected chi connectivity index (χ1v) is 5.87. The SMILES string of the molecule is CN=C(NCc1ccccc1)NCC1CC1.I. The van der Waals surface area contributed by atoms with Crippen LogP contribution in [0.15, 0.2) is 35.3 Å². The number of guanidine groups is 1. The molecule has 0 unspecified atom stereocenters. The lowest BCUT2D eigenvalue weighted by Crippen LogP contribution is -2.37. The van der Waals surface area contributed by atoms with Crippen LogP contribution in [0.25, 0.3) is 0 Å². The Morgan fingerprint density at radius 2 is 1.94 bits per heavy atom. The summed E-state index contributed by atoms with van der Waals surface area (Å²) < 4.78 is 0. The molecule has 17 heavy (non-hydrogen) atoms. The molecule has 2 N–H and O–H groups in total. The van der Waals surface area contributed by atoms with Gasteiger partial charge in [-0.05, 0) is 24.3 Å². The van der Waals surface area contributed by atoms with E-state index in [1.807, 2.05) is 13.1 Å². The summed E-state index contributed by atoms with van der Waals surface area (Å²) in [6.07, 6.45) is 2.73. The Kier molecular flexibility index (Phi) is 6.32. The summed E-state index contributed by atoms with van der Waals surface area (Å²) in [6.45, 7) is 1.87. The summed E-state index contributed by atoms with van der Waals surface area (Å²) >= 11 is 0. The highest BCUT2D eigenvalue weighted by Gasteiger charge is 2.20. The zero-order valence-electron chi connectivity index (χ0n) is 10.1. The fraction of sp³-hybridized carbons (Fsp3) is 0.462. The van der Waals surface area contributed by atoms with Crippen molar-refractivity contribution in [1.29, 1.82) is 0 Å². The molecule has 3 nitrogen and oxygen atoms in total. The molecule has 0 aliphatic heterocycles. The Bertz CT molecular complexity index is 347. The lowest BCUT2D eigenvalue weighted by atomic mass is 10.2. The maximum Gasteiger partial charge on any atom is 0.191 e. The molecule has 1 fully saturated rings.